The Hall–Kier alpha value is -2.80. The average molecular weight is 399 g/mol. The van der Waals surface area contributed by atoms with Gasteiger partial charge in [0, 0.05) is 18.2 Å². The molecule has 3 rings (SSSR count). The van der Waals surface area contributed by atoms with E-state index in [2.05, 4.69) is 16.8 Å². The molecular formula is C21H19F2N3OS. The van der Waals surface area contributed by atoms with Gasteiger partial charge in [-0.2, -0.15) is 0 Å². The van der Waals surface area contributed by atoms with Crippen LogP contribution in [0, 0.1) is 18.6 Å². The number of halogens is 2. The van der Waals surface area contributed by atoms with Crippen LogP contribution in [0.1, 0.15) is 22.8 Å². The largest absolute Gasteiger partial charge is 0.298 e. The Balaban J connectivity index is 1.89. The summed E-state index contributed by atoms with van der Waals surface area (Å²) in [6.45, 7) is 7.89. The quantitative estimate of drug-likeness (QED) is 0.316. The Morgan fingerprint density at radius 2 is 2.04 bits per heavy atom. The summed E-state index contributed by atoms with van der Waals surface area (Å²) >= 11 is 1.18. The molecule has 144 valence electrons. The van der Waals surface area contributed by atoms with Crippen LogP contribution in [0.5, 0.6) is 0 Å². The first-order chi connectivity index (χ1) is 13.4. The molecule has 1 aromatic heterocycles. The van der Waals surface area contributed by atoms with Gasteiger partial charge in [-0.25, -0.2) is 8.78 Å². The number of nitrogens with zero attached hydrogens (tertiary/aromatic N) is 3. The normalized spacial score (nSPS) is 12.0. The summed E-state index contributed by atoms with van der Waals surface area (Å²) in [5.41, 5.74) is 1.86. The second kappa shape index (κ2) is 8.48. The zero-order chi connectivity index (χ0) is 20.3. The highest BCUT2D eigenvalue weighted by Gasteiger charge is 2.23. The molecule has 0 amide bonds. The minimum absolute atomic E-state index is 0.143. The molecule has 2 aromatic carbocycles. The molecule has 4 nitrogen and oxygen atoms in total. The second-order valence-electron chi connectivity index (χ2n) is 6.32. The topological polar surface area (TPSA) is 47.8 Å². The third kappa shape index (κ3) is 4.20. The number of allylic oxidation sites excluding steroid dienone is 1. The van der Waals surface area contributed by atoms with Gasteiger partial charge in [0.15, 0.2) is 16.8 Å². The lowest BCUT2D eigenvalue weighted by Crippen LogP contribution is -2.16. The highest BCUT2D eigenvalue weighted by Crippen LogP contribution is 2.29. The van der Waals surface area contributed by atoms with Crippen molar-refractivity contribution in [3.8, 4) is 11.4 Å². The maximum absolute atomic E-state index is 13.9. The molecule has 28 heavy (non-hydrogen) atoms. The lowest BCUT2D eigenvalue weighted by Gasteiger charge is -2.12. The van der Waals surface area contributed by atoms with E-state index >= 15 is 0 Å². The number of carbonyl (C=O) groups excluding carboxylic acids is 1. The first-order valence-electron chi connectivity index (χ1n) is 8.67. The molecule has 0 aliphatic heterocycles. The Morgan fingerprint density at radius 3 is 2.71 bits per heavy atom. The first-order valence-corrected chi connectivity index (χ1v) is 9.55. The number of carbonyl (C=O) groups is 1. The van der Waals surface area contributed by atoms with Gasteiger partial charge in [-0.15, -0.1) is 16.8 Å². The Labute approximate surface area is 166 Å². The van der Waals surface area contributed by atoms with Crippen LogP contribution in [0.2, 0.25) is 0 Å². The molecule has 1 heterocycles. The number of Topliss-reactive ketones (excluding diaryl/α,β-unsaturated/α-hetero) is 1. The molecule has 0 aliphatic carbocycles. The lowest BCUT2D eigenvalue weighted by atomic mass is 10.1. The molecule has 0 N–H and O–H groups in total. The van der Waals surface area contributed by atoms with E-state index in [4.69, 9.17) is 0 Å². The van der Waals surface area contributed by atoms with Crippen LogP contribution in [0.4, 0.5) is 8.78 Å². The molecule has 0 saturated carbocycles. The standard InChI is InChI=1S/C21H19F2N3OS/c1-4-10-26-20(15-7-5-6-13(2)11-15)24-25-21(26)28-14(3)19(27)17-9-8-16(22)12-18(17)23/h4-9,11-12,14H,1,10H2,2-3H3. The zero-order valence-corrected chi connectivity index (χ0v) is 16.3. The lowest BCUT2D eigenvalue weighted by molar-refractivity contribution is 0.0990. The molecule has 0 fully saturated rings. The van der Waals surface area contributed by atoms with Crippen molar-refractivity contribution >= 4 is 17.5 Å². The number of aryl methyl sites for hydroxylation is 1. The molecule has 0 aliphatic rings. The van der Waals surface area contributed by atoms with Gasteiger partial charge in [0.25, 0.3) is 0 Å². The molecular weight excluding hydrogens is 380 g/mol. The Kier molecular flexibility index (Phi) is 6.04. The number of hydrogen-bond donors (Lipinski definition) is 0. The van der Waals surface area contributed by atoms with Crippen LogP contribution in [-0.4, -0.2) is 25.8 Å². The van der Waals surface area contributed by atoms with E-state index < -0.39 is 22.7 Å². The van der Waals surface area contributed by atoms with Crippen molar-refractivity contribution in [2.24, 2.45) is 0 Å². The average Bonchev–Trinajstić information content (AvgIpc) is 3.04. The fourth-order valence-electron chi connectivity index (χ4n) is 2.79. The Morgan fingerprint density at radius 1 is 1.25 bits per heavy atom. The minimum atomic E-state index is -0.870. The van der Waals surface area contributed by atoms with Crippen LogP contribution < -0.4 is 0 Å². The van der Waals surface area contributed by atoms with Crippen LogP contribution in [0.3, 0.4) is 0 Å². The predicted molar refractivity (Wildman–Crippen MR) is 106 cm³/mol. The number of hydrogen-bond acceptors (Lipinski definition) is 4. The third-order valence-electron chi connectivity index (χ3n) is 4.15. The fraction of sp³-hybridized carbons (Fsp3) is 0.190. The van der Waals surface area contributed by atoms with Crippen molar-refractivity contribution in [3.05, 3.63) is 77.9 Å². The molecule has 1 atom stereocenters. The first kappa shape index (κ1) is 19.9. The molecule has 0 bridgehead atoms. The summed E-state index contributed by atoms with van der Waals surface area (Å²) in [6.07, 6.45) is 1.72. The third-order valence-corrected chi connectivity index (χ3v) is 5.23. The maximum atomic E-state index is 13.9. The van der Waals surface area contributed by atoms with Crippen molar-refractivity contribution in [2.75, 3.05) is 0 Å². The number of rotatable bonds is 7. The van der Waals surface area contributed by atoms with E-state index in [0.29, 0.717) is 23.6 Å². The molecule has 0 spiro atoms. The summed E-state index contributed by atoms with van der Waals surface area (Å²) in [4.78, 5) is 12.6. The van der Waals surface area contributed by atoms with Gasteiger partial charge in [-0.3, -0.25) is 9.36 Å². The number of aromatic nitrogens is 3. The molecule has 0 radical (unpaired) electrons. The van der Waals surface area contributed by atoms with Crippen LogP contribution in [0.15, 0.2) is 60.3 Å². The highest BCUT2D eigenvalue weighted by atomic mass is 32.2. The van der Waals surface area contributed by atoms with E-state index in [1.54, 1.807) is 13.0 Å². The fourth-order valence-corrected chi connectivity index (χ4v) is 3.71. The molecule has 0 saturated heterocycles. The predicted octanol–water partition coefficient (Wildman–Crippen LogP) is 5.08. The van der Waals surface area contributed by atoms with Crippen molar-refractivity contribution in [2.45, 2.75) is 30.8 Å². The SMILES string of the molecule is C=CCn1c(SC(C)C(=O)c2ccc(F)cc2F)nnc1-c1cccc(C)c1. The maximum Gasteiger partial charge on any atom is 0.192 e. The van der Waals surface area contributed by atoms with E-state index in [1.807, 2.05) is 35.8 Å². The van der Waals surface area contributed by atoms with E-state index in [9.17, 15) is 13.6 Å². The van der Waals surface area contributed by atoms with Gasteiger partial charge in [0.1, 0.15) is 11.6 Å². The molecule has 1 unspecified atom stereocenters. The second-order valence-corrected chi connectivity index (χ2v) is 7.63. The van der Waals surface area contributed by atoms with Gasteiger partial charge >= 0.3 is 0 Å². The molecule has 3 aromatic rings. The number of thioether (sulfide) groups is 1. The smallest absolute Gasteiger partial charge is 0.192 e. The van der Waals surface area contributed by atoms with Crippen molar-refractivity contribution < 1.29 is 13.6 Å². The number of ketones is 1. The number of benzene rings is 2. The summed E-state index contributed by atoms with van der Waals surface area (Å²) in [5.74, 6) is -1.36. The van der Waals surface area contributed by atoms with E-state index in [1.165, 1.54) is 11.8 Å². The van der Waals surface area contributed by atoms with Gasteiger partial charge in [0.05, 0.1) is 10.8 Å². The van der Waals surface area contributed by atoms with Gasteiger partial charge < -0.3 is 0 Å². The van der Waals surface area contributed by atoms with Crippen LogP contribution in [-0.2, 0) is 6.54 Å². The zero-order valence-electron chi connectivity index (χ0n) is 15.5. The van der Waals surface area contributed by atoms with Gasteiger partial charge in [0.2, 0.25) is 0 Å². The Bertz CT molecular complexity index is 1030. The van der Waals surface area contributed by atoms with Crippen LogP contribution in [0.25, 0.3) is 11.4 Å². The summed E-state index contributed by atoms with van der Waals surface area (Å²) in [7, 11) is 0. The minimum Gasteiger partial charge on any atom is -0.298 e. The molecule has 7 heteroatoms. The van der Waals surface area contributed by atoms with Gasteiger partial charge in [-0.05, 0) is 32.0 Å². The van der Waals surface area contributed by atoms with Gasteiger partial charge in [-0.1, -0.05) is 41.6 Å². The van der Waals surface area contributed by atoms with E-state index in [0.717, 1.165) is 23.3 Å². The van der Waals surface area contributed by atoms with Crippen molar-refractivity contribution in [3.63, 3.8) is 0 Å². The monoisotopic (exact) mass is 399 g/mol. The highest BCUT2D eigenvalue weighted by molar-refractivity contribution is 8.00. The summed E-state index contributed by atoms with van der Waals surface area (Å²) < 4.78 is 28.9. The van der Waals surface area contributed by atoms with Crippen LogP contribution >= 0.6 is 11.8 Å². The van der Waals surface area contributed by atoms with E-state index in [-0.39, 0.29) is 5.56 Å². The van der Waals surface area contributed by atoms with Crippen molar-refractivity contribution in [1.29, 1.82) is 0 Å². The summed E-state index contributed by atoms with van der Waals surface area (Å²) in [6, 6.07) is 10.8. The summed E-state index contributed by atoms with van der Waals surface area (Å²) in [5, 5.41) is 8.39. The van der Waals surface area contributed by atoms with Crippen molar-refractivity contribution in [1.82, 2.24) is 14.8 Å².